The van der Waals surface area contributed by atoms with Gasteiger partial charge in [0.2, 0.25) is 0 Å². The van der Waals surface area contributed by atoms with Crippen molar-refractivity contribution in [2.45, 2.75) is 45.4 Å². The van der Waals surface area contributed by atoms with Crippen LogP contribution in [0.15, 0.2) is 18.2 Å². The lowest BCUT2D eigenvalue weighted by Gasteiger charge is -2.32. The summed E-state index contributed by atoms with van der Waals surface area (Å²) >= 11 is 0. The average molecular weight is 205 g/mol. The Morgan fingerprint density at radius 2 is 2.07 bits per heavy atom. The minimum absolute atomic E-state index is 0.0684. The maximum Gasteiger partial charge on any atom is 0.0570 e. The number of hydrogen-bond donors (Lipinski definition) is 2. The molecule has 1 aliphatic rings. The van der Waals surface area contributed by atoms with Crippen LogP contribution in [0.2, 0.25) is 0 Å². The van der Waals surface area contributed by atoms with Gasteiger partial charge in [-0.25, -0.2) is 0 Å². The minimum atomic E-state index is -0.0684. The molecule has 0 spiro atoms. The molecule has 2 rings (SSSR count). The summed E-state index contributed by atoms with van der Waals surface area (Å²) in [4.78, 5) is 0. The van der Waals surface area contributed by atoms with Crippen molar-refractivity contribution in [1.29, 1.82) is 0 Å². The van der Waals surface area contributed by atoms with Gasteiger partial charge in [-0.2, -0.15) is 0 Å². The molecular formula is C13H19NO. The Labute approximate surface area is 91.3 Å². The third kappa shape index (κ3) is 2.58. The predicted molar refractivity (Wildman–Crippen MR) is 61.8 cm³/mol. The third-order valence-electron chi connectivity index (χ3n) is 3.20. The van der Waals surface area contributed by atoms with Gasteiger partial charge in [-0.15, -0.1) is 0 Å². The van der Waals surface area contributed by atoms with Crippen molar-refractivity contribution in [2.75, 3.05) is 0 Å². The van der Waals surface area contributed by atoms with Gasteiger partial charge in [0.1, 0.15) is 0 Å². The van der Waals surface area contributed by atoms with Crippen molar-refractivity contribution in [3.63, 3.8) is 0 Å². The first kappa shape index (κ1) is 10.7. The lowest BCUT2D eigenvalue weighted by molar-refractivity contribution is 0.0619. The van der Waals surface area contributed by atoms with E-state index in [0.717, 1.165) is 19.4 Å². The molecule has 0 amide bonds. The topological polar surface area (TPSA) is 32.3 Å². The quantitative estimate of drug-likeness (QED) is 0.790. The second-order valence-electron chi connectivity index (χ2n) is 4.63. The summed E-state index contributed by atoms with van der Waals surface area (Å²) < 4.78 is 0. The Balaban J connectivity index is 1.90. The first-order chi connectivity index (χ1) is 7.15. The van der Waals surface area contributed by atoms with E-state index in [0.29, 0.717) is 6.04 Å². The Morgan fingerprint density at radius 1 is 1.33 bits per heavy atom. The summed E-state index contributed by atoms with van der Waals surface area (Å²) in [7, 11) is 0. The summed E-state index contributed by atoms with van der Waals surface area (Å²) in [6.45, 7) is 5.19. The molecule has 0 unspecified atom stereocenters. The highest BCUT2D eigenvalue weighted by Gasteiger charge is 2.26. The summed E-state index contributed by atoms with van der Waals surface area (Å²) in [5, 5.41) is 12.6. The van der Waals surface area contributed by atoms with Crippen molar-refractivity contribution in [3.8, 4) is 0 Å². The molecule has 15 heavy (non-hydrogen) atoms. The SMILES string of the molecule is Cc1ccc(C)c(CNC2CC(O)C2)c1. The Morgan fingerprint density at radius 3 is 2.73 bits per heavy atom. The Kier molecular flexibility index (Phi) is 3.08. The van der Waals surface area contributed by atoms with Crippen LogP contribution >= 0.6 is 0 Å². The number of rotatable bonds is 3. The zero-order valence-corrected chi connectivity index (χ0v) is 9.46. The number of hydrogen-bond acceptors (Lipinski definition) is 2. The zero-order valence-electron chi connectivity index (χ0n) is 9.46. The van der Waals surface area contributed by atoms with E-state index in [1.165, 1.54) is 16.7 Å². The fourth-order valence-corrected chi connectivity index (χ4v) is 2.00. The van der Waals surface area contributed by atoms with E-state index in [2.05, 4.69) is 37.4 Å². The van der Waals surface area contributed by atoms with Gasteiger partial charge in [0.05, 0.1) is 6.10 Å². The maximum atomic E-state index is 9.17. The highest BCUT2D eigenvalue weighted by Crippen LogP contribution is 2.20. The molecule has 0 heterocycles. The van der Waals surface area contributed by atoms with E-state index < -0.39 is 0 Å². The monoisotopic (exact) mass is 205 g/mol. The van der Waals surface area contributed by atoms with Crippen LogP contribution < -0.4 is 5.32 Å². The normalized spacial score (nSPS) is 25.0. The molecule has 0 atom stereocenters. The van der Waals surface area contributed by atoms with Gasteiger partial charge < -0.3 is 10.4 Å². The van der Waals surface area contributed by atoms with E-state index in [-0.39, 0.29) is 6.10 Å². The van der Waals surface area contributed by atoms with Gasteiger partial charge in [0.15, 0.2) is 0 Å². The van der Waals surface area contributed by atoms with Crippen molar-refractivity contribution >= 4 is 0 Å². The van der Waals surface area contributed by atoms with Crippen molar-refractivity contribution in [2.24, 2.45) is 0 Å². The second-order valence-corrected chi connectivity index (χ2v) is 4.63. The largest absolute Gasteiger partial charge is 0.393 e. The van der Waals surface area contributed by atoms with Crippen LogP contribution in [-0.4, -0.2) is 17.3 Å². The standard InChI is InChI=1S/C13H19NO/c1-9-3-4-10(2)11(5-9)8-14-12-6-13(15)7-12/h3-5,12-15H,6-8H2,1-2H3. The summed E-state index contributed by atoms with van der Waals surface area (Å²) in [6.07, 6.45) is 1.75. The molecule has 0 saturated heterocycles. The molecule has 0 aromatic heterocycles. The van der Waals surface area contributed by atoms with Crippen LogP contribution in [-0.2, 0) is 6.54 Å². The van der Waals surface area contributed by atoms with E-state index >= 15 is 0 Å². The molecule has 1 saturated carbocycles. The fourth-order valence-electron chi connectivity index (χ4n) is 2.00. The molecule has 0 radical (unpaired) electrons. The van der Waals surface area contributed by atoms with Gasteiger partial charge in [-0.1, -0.05) is 23.8 Å². The van der Waals surface area contributed by atoms with Crippen LogP contribution in [0.4, 0.5) is 0 Å². The minimum Gasteiger partial charge on any atom is -0.393 e. The lowest BCUT2D eigenvalue weighted by Crippen LogP contribution is -2.43. The third-order valence-corrected chi connectivity index (χ3v) is 3.20. The van der Waals surface area contributed by atoms with Crippen molar-refractivity contribution < 1.29 is 5.11 Å². The van der Waals surface area contributed by atoms with Crippen LogP contribution in [0.25, 0.3) is 0 Å². The summed E-state index contributed by atoms with van der Waals surface area (Å²) in [5.74, 6) is 0. The highest BCUT2D eigenvalue weighted by atomic mass is 16.3. The van der Waals surface area contributed by atoms with Gasteiger partial charge >= 0.3 is 0 Å². The number of benzene rings is 1. The molecule has 2 heteroatoms. The molecule has 1 fully saturated rings. The van der Waals surface area contributed by atoms with E-state index in [4.69, 9.17) is 0 Å². The highest BCUT2D eigenvalue weighted by molar-refractivity contribution is 5.30. The number of aliphatic hydroxyl groups excluding tert-OH is 1. The van der Waals surface area contributed by atoms with Gasteiger partial charge in [0.25, 0.3) is 0 Å². The van der Waals surface area contributed by atoms with Crippen LogP contribution in [0, 0.1) is 13.8 Å². The summed E-state index contributed by atoms with van der Waals surface area (Å²) in [6, 6.07) is 7.06. The maximum absolute atomic E-state index is 9.17. The molecular weight excluding hydrogens is 186 g/mol. The first-order valence-corrected chi connectivity index (χ1v) is 5.63. The average Bonchev–Trinajstić information content (AvgIpc) is 2.16. The van der Waals surface area contributed by atoms with Crippen molar-refractivity contribution in [1.82, 2.24) is 5.32 Å². The smallest absolute Gasteiger partial charge is 0.0570 e. The number of nitrogens with one attached hydrogen (secondary N) is 1. The number of aliphatic hydroxyl groups is 1. The molecule has 0 aliphatic heterocycles. The Hall–Kier alpha value is -0.860. The van der Waals surface area contributed by atoms with E-state index in [9.17, 15) is 5.11 Å². The van der Waals surface area contributed by atoms with E-state index in [1.807, 2.05) is 0 Å². The fraction of sp³-hybridized carbons (Fsp3) is 0.538. The van der Waals surface area contributed by atoms with Crippen LogP contribution in [0.5, 0.6) is 0 Å². The molecule has 1 aromatic carbocycles. The van der Waals surface area contributed by atoms with Gasteiger partial charge in [0, 0.05) is 12.6 Å². The predicted octanol–water partition coefficient (Wildman–Crippen LogP) is 1.92. The molecule has 82 valence electrons. The van der Waals surface area contributed by atoms with Crippen molar-refractivity contribution in [3.05, 3.63) is 34.9 Å². The van der Waals surface area contributed by atoms with Gasteiger partial charge in [-0.05, 0) is 37.8 Å². The van der Waals surface area contributed by atoms with Crippen LogP contribution in [0.3, 0.4) is 0 Å². The van der Waals surface area contributed by atoms with Crippen LogP contribution in [0.1, 0.15) is 29.5 Å². The second kappa shape index (κ2) is 4.33. The molecule has 2 nitrogen and oxygen atoms in total. The number of aryl methyl sites for hydroxylation is 2. The molecule has 1 aliphatic carbocycles. The molecule has 2 N–H and O–H groups in total. The Bertz CT molecular complexity index is 342. The van der Waals surface area contributed by atoms with Gasteiger partial charge in [-0.3, -0.25) is 0 Å². The summed E-state index contributed by atoms with van der Waals surface area (Å²) in [5.41, 5.74) is 4.02. The zero-order chi connectivity index (χ0) is 10.8. The molecule has 0 bridgehead atoms. The van der Waals surface area contributed by atoms with E-state index in [1.54, 1.807) is 0 Å². The molecule has 1 aromatic rings. The first-order valence-electron chi connectivity index (χ1n) is 5.63. The lowest BCUT2D eigenvalue weighted by atomic mass is 9.89.